The van der Waals surface area contributed by atoms with E-state index in [0.717, 1.165) is 43.5 Å². The molecule has 0 saturated carbocycles. The van der Waals surface area contributed by atoms with Gasteiger partial charge in [-0.15, -0.1) is 10.2 Å². The van der Waals surface area contributed by atoms with Crippen LogP contribution in [0, 0.1) is 5.82 Å². The molecular weight excluding hydrogens is 293 g/mol. The third-order valence-electron chi connectivity index (χ3n) is 4.72. The smallest absolute Gasteiger partial charge is 0.189 e. The minimum absolute atomic E-state index is 0.197. The maximum Gasteiger partial charge on any atom is 0.189 e. The van der Waals surface area contributed by atoms with Gasteiger partial charge in [-0.3, -0.25) is 0 Å². The Bertz CT molecular complexity index is 695. The first-order valence-electron chi connectivity index (χ1n) is 8.09. The van der Waals surface area contributed by atoms with E-state index in [1.807, 2.05) is 6.07 Å². The Balaban J connectivity index is 2.18. The number of hydrogen-bond donors (Lipinski definition) is 2. The van der Waals surface area contributed by atoms with Crippen LogP contribution in [0.4, 0.5) is 4.39 Å². The van der Waals surface area contributed by atoms with Gasteiger partial charge in [0.15, 0.2) is 5.82 Å². The predicted octanol–water partition coefficient (Wildman–Crippen LogP) is 2.52. The topological polar surface area (TPSA) is 66.5 Å². The summed E-state index contributed by atoms with van der Waals surface area (Å²) in [6.45, 7) is 5.93. The van der Waals surface area contributed by atoms with E-state index in [2.05, 4.69) is 45.9 Å². The van der Waals surface area contributed by atoms with Crippen LogP contribution < -0.4 is 5.32 Å². The Kier molecular flexibility index (Phi) is 4.52. The fourth-order valence-electron chi connectivity index (χ4n) is 3.55. The maximum atomic E-state index is 13.7. The first-order valence-corrected chi connectivity index (χ1v) is 8.09. The van der Waals surface area contributed by atoms with Crippen molar-refractivity contribution in [2.45, 2.75) is 38.5 Å². The molecule has 1 unspecified atom stereocenters. The Morgan fingerprint density at radius 1 is 1.39 bits per heavy atom. The van der Waals surface area contributed by atoms with Crippen LogP contribution in [0.1, 0.15) is 43.6 Å². The van der Waals surface area contributed by atoms with Crippen molar-refractivity contribution in [2.75, 3.05) is 13.1 Å². The summed E-state index contributed by atoms with van der Waals surface area (Å²) >= 11 is 0. The van der Waals surface area contributed by atoms with E-state index in [9.17, 15) is 4.39 Å². The normalized spacial score (nSPS) is 20.7. The highest BCUT2D eigenvalue weighted by atomic mass is 19.1. The number of H-pyrrole nitrogens is 1. The zero-order chi connectivity index (χ0) is 16.3. The molecule has 1 aromatic heterocycles. The SMILES string of the molecule is CCNCCC1(c2nn[nH]n2)C(C)=CCCc2cc(F)ccc21. The number of fused-ring (bicyclic) bond motifs is 1. The number of nitrogens with one attached hydrogen (secondary N) is 2. The summed E-state index contributed by atoms with van der Waals surface area (Å²) in [5.41, 5.74) is 2.85. The van der Waals surface area contributed by atoms with Crippen molar-refractivity contribution in [1.82, 2.24) is 25.9 Å². The number of benzene rings is 1. The molecule has 3 rings (SSSR count). The van der Waals surface area contributed by atoms with Crippen LogP contribution in [0.3, 0.4) is 0 Å². The summed E-state index contributed by atoms with van der Waals surface area (Å²) in [6, 6.07) is 5.05. The van der Waals surface area contributed by atoms with Crippen molar-refractivity contribution >= 4 is 0 Å². The molecular formula is C17H22FN5. The summed E-state index contributed by atoms with van der Waals surface area (Å²) in [5.74, 6) is 0.455. The molecule has 0 amide bonds. The third-order valence-corrected chi connectivity index (χ3v) is 4.72. The van der Waals surface area contributed by atoms with Gasteiger partial charge in [0.2, 0.25) is 0 Å². The zero-order valence-corrected chi connectivity index (χ0v) is 13.6. The molecule has 1 aromatic carbocycles. The number of aryl methyl sites for hydroxylation is 1. The molecule has 0 spiro atoms. The molecule has 5 nitrogen and oxygen atoms in total. The lowest BCUT2D eigenvalue weighted by Crippen LogP contribution is -2.35. The lowest BCUT2D eigenvalue weighted by molar-refractivity contribution is 0.490. The minimum Gasteiger partial charge on any atom is -0.317 e. The van der Waals surface area contributed by atoms with E-state index < -0.39 is 5.41 Å². The molecule has 0 fully saturated rings. The van der Waals surface area contributed by atoms with Crippen molar-refractivity contribution in [2.24, 2.45) is 0 Å². The first-order chi connectivity index (χ1) is 11.2. The maximum absolute atomic E-state index is 13.7. The van der Waals surface area contributed by atoms with Gasteiger partial charge in [-0.25, -0.2) is 4.39 Å². The molecule has 1 aliphatic rings. The molecule has 6 heteroatoms. The van der Waals surface area contributed by atoms with Crippen LogP contribution in [0.15, 0.2) is 29.8 Å². The average molecular weight is 315 g/mol. The number of hydrogen-bond acceptors (Lipinski definition) is 4. The monoisotopic (exact) mass is 315 g/mol. The number of nitrogens with zero attached hydrogens (tertiary/aromatic N) is 3. The first kappa shape index (κ1) is 15.8. The van der Waals surface area contributed by atoms with Crippen LogP contribution >= 0.6 is 0 Å². The van der Waals surface area contributed by atoms with Crippen molar-refractivity contribution < 1.29 is 4.39 Å². The van der Waals surface area contributed by atoms with Gasteiger partial charge >= 0.3 is 0 Å². The molecule has 1 atom stereocenters. The highest BCUT2D eigenvalue weighted by molar-refractivity contribution is 5.49. The lowest BCUT2D eigenvalue weighted by Gasteiger charge is -2.33. The van der Waals surface area contributed by atoms with Gasteiger partial charge in [-0.05, 0) is 62.5 Å². The zero-order valence-electron chi connectivity index (χ0n) is 13.6. The quantitative estimate of drug-likeness (QED) is 0.657. The fourth-order valence-corrected chi connectivity index (χ4v) is 3.55. The van der Waals surface area contributed by atoms with Crippen molar-refractivity contribution in [3.8, 4) is 0 Å². The number of allylic oxidation sites excluding steroid dienone is 2. The van der Waals surface area contributed by atoms with Gasteiger partial charge in [-0.2, -0.15) is 5.21 Å². The van der Waals surface area contributed by atoms with Crippen molar-refractivity contribution in [3.63, 3.8) is 0 Å². The van der Waals surface area contributed by atoms with E-state index in [1.54, 1.807) is 6.07 Å². The standard InChI is InChI=1S/C17H22FN5/c1-3-19-10-9-17(16-20-22-23-21-16)12(2)5-4-6-13-11-14(18)7-8-15(13)17/h5,7-8,11,19H,3-4,6,9-10H2,1-2H3,(H,20,21,22,23). The fraction of sp³-hybridized carbons (Fsp3) is 0.471. The third kappa shape index (κ3) is 2.79. The van der Waals surface area contributed by atoms with E-state index in [1.165, 1.54) is 11.6 Å². The summed E-state index contributed by atoms with van der Waals surface area (Å²) < 4.78 is 13.7. The lowest BCUT2D eigenvalue weighted by atomic mass is 9.70. The minimum atomic E-state index is -0.464. The van der Waals surface area contributed by atoms with Crippen molar-refractivity contribution in [3.05, 3.63) is 52.6 Å². The summed E-state index contributed by atoms with van der Waals surface area (Å²) in [5, 5.41) is 18.3. The molecule has 0 aliphatic heterocycles. The van der Waals surface area contributed by atoms with Gasteiger partial charge < -0.3 is 5.32 Å². The average Bonchev–Trinajstić information content (AvgIpc) is 3.03. The Labute approximate surface area is 135 Å². The van der Waals surface area contributed by atoms with Crippen LogP contribution in [0.25, 0.3) is 0 Å². The molecule has 122 valence electrons. The number of tetrazole rings is 1. The van der Waals surface area contributed by atoms with Gasteiger partial charge in [-0.1, -0.05) is 29.9 Å². The van der Waals surface area contributed by atoms with Crippen LogP contribution in [-0.2, 0) is 11.8 Å². The van der Waals surface area contributed by atoms with E-state index in [4.69, 9.17) is 0 Å². The predicted molar refractivity (Wildman–Crippen MR) is 86.6 cm³/mol. The molecule has 0 bridgehead atoms. The number of aromatic amines is 1. The summed E-state index contributed by atoms with van der Waals surface area (Å²) in [7, 11) is 0. The van der Waals surface area contributed by atoms with Gasteiger partial charge in [0.05, 0.1) is 5.41 Å². The second kappa shape index (κ2) is 6.58. The van der Waals surface area contributed by atoms with Crippen LogP contribution in [0.2, 0.25) is 0 Å². The number of halogens is 1. The molecule has 0 radical (unpaired) electrons. The van der Waals surface area contributed by atoms with Crippen LogP contribution in [-0.4, -0.2) is 33.7 Å². The molecule has 2 N–H and O–H groups in total. The van der Waals surface area contributed by atoms with E-state index in [0.29, 0.717) is 5.82 Å². The van der Waals surface area contributed by atoms with Crippen molar-refractivity contribution in [1.29, 1.82) is 0 Å². The number of aromatic nitrogens is 4. The molecule has 0 saturated heterocycles. The summed E-state index contributed by atoms with van der Waals surface area (Å²) in [4.78, 5) is 0. The molecule has 1 aliphatic carbocycles. The molecule has 23 heavy (non-hydrogen) atoms. The second-order valence-corrected chi connectivity index (χ2v) is 5.97. The summed E-state index contributed by atoms with van der Waals surface area (Å²) in [6.07, 6.45) is 4.75. The second-order valence-electron chi connectivity index (χ2n) is 5.97. The van der Waals surface area contributed by atoms with E-state index in [-0.39, 0.29) is 5.82 Å². The van der Waals surface area contributed by atoms with Gasteiger partial charge in [0.1, 0.15) is 5.82 Å². The van der Waals surface area contributed by atoms with Gasteiger partial charge in [0.25, 0.3) is 0 Å². The number of rotatable bonds is 5. The van der Waals surface area contributed by atoms with Gasteiger partial charge in [0, 0.05) is 0 Å². The van der Waals surface area contributed by atoms with E-state index >= 15 is 0 Å². The Morgan fingerprint density at radius 2 is 2.26 bits per heavy atom. The largest absolute Gasteiger partial charge is 0.317 e. The highest BCUT2D eigenvalue weighted by Crippen LogP contribution is 2.43. The Morgan fingerprint density at radius 3 is 3.00 bits per heavy atom. The molecule has 1 heterocycles. The molecule has 2 aromatic rings. The van der Waals surface area contributed by atoms with Crippen LogP contribution in [0.5, 0.6) is 0 Å². The highest BCUT2D eigenvalue weighted by Gasteiger charge is 2.42. The Hall–Kier alpha value is -2.08.